The molecule has 0 aliphatic carbocycles. The lowest BCUT2D eigenvalue weighted by Gasteiger charge is -2.21. The van der Waals surface area contributed by atoms with Crippen molar-refractivity contribution in [1.82, 2.24) is 10.2 Å². The van der Waals surface area contributed by atoms with Crippen LogP contribution in [-0.4, -0.2) is 36.7 Å². The van der Waals surface area contributed by atoms with Crippen molar-refractivity contribution in [3.05, 3.63) is 36.1 Å². The van der Waals surface area contributed by atoms with Crippen LogP contribution in [0.5, 0.6) is 0 Å². The number of ether oxygens (including phenoxy) is 1. The smallest absolute Gasteiger partial charge is 0.317 e. The Kier molecular flexibility index (Phi) is 5.41. The van der Waals surface area contributed by atoms with E-state index in [0.717, 1.165) is 49.0 Å². The topological polar surface area (TPSA) is 54.7 Å². The number of amides is 2. The number of carbonyl (C=O) groups excluding carboxylic acids is 1. The Labute approximate surface area is 143 Å². The van der Waals surface area contributed by atoms with Crippen LogP contribution >= 0.6 is 0 Å². The summed E-state index contributed by atoms with van der Waals surface area (Å²) in [5.74, 6) is 0.792. The molecule has 2 unspecified atom stereocenters. The first kappa shape index (κ1) is 16.8. The number of nitrogens with zero attached hydrogens (tertiary/aromatic N) is 1. The number of hydrogen-bond acceptors (Lipinski definition) is 3. The fourth-order valence-corrected chi connectivity index (χ4v) is 3.12. The highest BCUT2D eigenvalue weighted by Crippen LogP contribution is 2.20. The highest BCUT2D eigenvalue weighted by molar-refractivity contribution is 5.78. The number of benzene rings is 1. The van der Waals surface area contributed by atoms with Crippen LogP contribution in [-0.2, 0) is 11.3 Å². The zero-order valence-electron chi connectivity index (χ0n) is 14.5. The zero-order valence-corrected chi connectivity index (χ0v) is 14.5. The average Bonchev–Trinajstić information content (AvgIpc) is 3.21. The standard InChI is InChI=1S/C19H26N2O3/c1-14(9-10-16-7-5-11-23-16)20-19(22)21(2)13-17-12-15-6-3-4-8-18(15)24-17/h3-4,6,8,12,14,16H,5,7,9-11,13H2,1-2H3,(H,20,22). The van der Waals surface area contributed by atoms with Gasteiger partial charge >= 0.3 is 6.03 Å². The molecule has 2 aromatic rings. The molecule has 1 N–H and O–H groups in total. The van der Waals surface area contributed by atoms with Crippen molar-refractivity contribution in [3.8, 4) is 0 Å². The summed E-state index contributed by atoms with van der Waals surface area (Å²) >= 11 is 0. The molecule has 1 aromatic heterocycles. The summed E-state index contributed by atoms with van der Waals surface area (Å²) in [5.41, 5.74) is 0.853. The Morgan fingerprint density at radius 3 is 3.00 bits per heavy atom. The van der Waals surface area contributed by atoms with Crippen LogP contribution in [0.1, 0.15) is 38.4 Å². The van der Waals surface area contributed by atoms with Crippen LogP contribution in [0, 0.1) is 0 Å². The number of urea groups is 1. The van der Waals surface area contributed by atoms with Gasteiger partial charge in [0.2, 0.25) is 0 Å². The molecule has 5 heteroatoms. The van der Waals surface area contributed by atoms with Gasteiger partial charge in [0.1, 0.15) is 11.3 Å². The summed E-state index contributed by atoms with van der Waals surface area (Å²) in [7, 11) is 1.79. The van der Waals surface area contributed by atoms with E-state index in [0.29, 0.717) is 12.6 Å². The third-order valence-electron chi connectivity index (χ3n) is 4.53. The number of hydrogen-bond donors (Lipinski definition) is 1. The Balaban J connectivity index is 1.46. The van der Waals surface area contributed by atoms with Crippen LogP contribution in [0.25, 0.3) is 11.0 Å². The molecule has 24 heavy (non-hydrogen) atoms. The second kappa shape index (κ2) is 7.71. The van der Waals surface area contributed by atoms with Gasteiger partial charge in [-0.05, 0) is 44.7 Å². The molecule has 0 spiro atoms. The minimum Gasteiger partial charge on any atom is -0.459 e. The third-order valence-corrected chi connectivity index (χ3v) is 4.53. The fraction of sp³-hybridized carbons (Fsp3) is 0.526. The van der Waals surface area contributed by atoms with Gasteiger partial charge in [0.15, 0.2) is 0 Å². The summed E-state index contributed by atoms with van der Waals surface area (Å²) in [6.45, 7) is 3.38. The van der Waals surface area contributed by atoms with E-state index in [9.17, 15) is 4.79 Å². The first-order valence-corrected chi connectivity index (χ1v) is 8.72. The first-order valence-electron chi connectivity index (χ1n) is 8.72. The van der Waals surface area contributed by atoms with Gasteiger partial charge in [-0.15, -0.1) is 0 Å². The lowest BCUT2D eigenvalue weighted by molar-refractivity contribution is 0.1000. The summed E-state index contributed by atoms with van der Waals surface area (Å²) < 4.78 is 11.4. The van der Waals surface area contributed by atoms with Crippen molar-refractivity contribution in [2.75, 3.05) is 13.7 Å². The maximum absolute atomic E-state index is 12.3. The Bertz CT molecular complexity index is 643. The van der Waals surface area contributed by atoms with Crippen molar-refractivity contribution in [1.29, 1.82) is 0 Å². The highest BCUT2D eigenvalue weighted by atomic mass is 16.5. The molecule has 1 saturated heterocycles. The molecule has 2 atom stereocenters. The van der Waals surface area contributed by atoms with Crippen LogP contribution in [0.3, 0.4) is 0 Å². The van der Waals surface area contributed by atoms with Crippen LogP contribution in [0.15, 0.2) is 34.7 Å². The number of para-hydroxylation sites is 1. The van der Waals surface area contributed by atoms with E-state index in [4.69, 9.17) is 9.15 Å². The number of fused-ring (bicyclic) bond motifs is 1. The van der Waals surface area contributed by atoms with Gasteiger partial charge in [0.25, 0.3) is 0 Å². The zero-order chi connectivity index (χ0) is 16.9. The van der Waals surface area contributed by atoms with Gasteiger partial charge in [-0.3, -0.25) is 0 Å². The molecule has 130 valence electrons. The summed E-state index contributed by atoms with van der Waals surface area (Å²) in [4.78, 5) is 14.0. The highest BCUT2D eigenvalue weighted by Gasteiger charge is 2.18. The number of rotatable bonds is 6. The van der Waals surface area contributed by atoms with Crippen molar-refractivity contribution in [3.63, 3.8) is 0 Å². The van der Waals surface area contributed by atoms with E-state index in [1.165, 1.54) is 0 Å². The quantitative estimate of drug-likeness (QED) is 0.873. The SMILES string of the molecule is CC(CCC1CCCO1)NC(=O)N(C)Cc1cc2ccccc2o1. The molecule has 0 radical (unpaired) electrons. The maximum atomic E-state index is 12.3. The molecule has 0 saturated carbocycles. The van der Waals surface area contributed by atoms with Crippen molar-refractivity contribution in [2.24, 2.45) is 0 Å². The first-order chi connectivity index (χ1) is 11.6. The van der Waals surface area contributed by atoms with Crippen molar-refractivity contribution >= 4 is 17.0 Å². The lowest BCUT2D eigenvalue weighted by Crippen LogP contribution is -2.41. The summed E-state index contributed by atoms with van der Waals surface area (Å²) in [5, 5.41) is 4.11. The molecule has 2 heterocycles. The molecule has 3 rings (SSSR count). The number of furan rings is 1. The van der Waals surface area contributed by atoms with Crippen LogP contribution < -0.4 is 5.32 Å². The Morgan fingerprint density at radius 2 is 2.25 bits per heavy atom. The third kappa shape index (κ3) is 4.29. The Morgan fingerprint density at radius 1 is 1.42 bits per heavy atom. The van der Waals surface area contributed by atoms with E-state index in [1.54, 1.807) is 11.9 Å². The minimum absolute atomic E-state index is 0.0738. The molecule has 1 aliphatic heterocycles. The Hall–Kier alpha value is -2.01. The van der Waals surface area contributed by atoms with Gasteiger partial charge in [-0.2, -0.15) is 0 Å². The molecular weight excluding hydrogens is 304 g/mol. The largest absolute Gasteiger partial charge is 0.459 e. The van der Waals surface area contributed by atoms with E-state index >= 15 is 0 Å². The number of nitrogens with one attached hydrogen (secondary N) is 1. The summed E-state index contributed by atoms with van der Waals surface area (Å²) in [6.07, 6.45) is 4.62. The van der Waals surface area contributed by atoms with E-state index in [1.807, 2.05) is 37.3 Å². The van der Waals surface area contributed by atoms with Crippen LogP contribution in [0.4, 0.5) is 4.79 Å². The lowest BCUT2D eigenvalue weighted by atomic mass is 10.1. The molecule has 1 aliphatic rings. The molecule has 1 aromatic carbocycles. The van der Waals surface area contributed by atoms with Gasteiger partial charge in [0, 0.05) is 25.1 Å². The van der Waals surface area contributed by atoms with Gasteiger partial charge in [-0.25, -0.2) is 4.79 Å². The molecule has 0 bridgehead atoms. The van der Waals surface area contributed by atoms with Crippen LogP contribution in [0.2, 0.25) is 0 Å². The normalized spacial score (nSPS) is 18.7. The van der Waals surface area contributed by atoms with E-state index in [2.05, 4.69) is 5.32 Å². The maximum Gasteiger partial charge on any atom is 0.317 e. The van der Waals surface area contributed by atoms with Gasteiger partial charge < -0.3 is 19.4 Å². The summed E-state index contributed by atoms with van der Waals surface area (Å²) in [6, 6.07) is 9.92. The fourth-order valence-electron chi connectivity index (χ4n) is 3.12. The molecule has 2 amide bonds. The van der Waals surface area contributed by atoms with E-state index < -0.39 is 0 Å². The van der Waals surface area contributed by atoms with Crippen molar-refractivity contribution in [2.45, 2.75) is 51.3 Å². The average molecular weight is 330 g/mol. The van der Waals surface area contributed by atoms with Crippen molar-refractivity contribution < 1.29 is 13.9 Å². The predicted molar refractivity (Wildman–Crippen MR) is 93.9 cm³/mol. The van der Waals surface area contributed by atoms with Gasteiger partial charge in [-0.1, -0.05) is 18.2 Å². The second-order valence-electron chi connectivity index (χ2n) is 6.67. The second-order valence-corrected chi connectivity index (χ2v) is 6.67. The molecule has 5 nitrogen and oxygen atoms in total. The minimum atomic E-state index is -0.0738. The number of carbonyl (C=O) groups is 1. The van der Waals surface area contributed by atoms with E-state index in [-0.39, 0.29) is 12.1 Å². The monoisotopic (exact) mass is 330 g/mol. The predicted octanol–water partition coefficient (Wildman–Crippen LogP) is 3.92. The van der Waals surface area contributed by atoms with Gasteiger partial charge in [0.05, 0.1) is 12.6 Å². The molecule has 1 fully saturated rings. The molecular formula is C19H26N2O3.